The van der Waals surface area contributed by atoms with Crippen molar-refractivity contribution in [1.82, 2.24) is 0 Å². The third-order valence-corrected chi connectivity index (χ3v) is 4.59. The third-order valence-electron chi connectivity index (χ3n) is 4.59. The number of benzene rings is 3. The van der Waals surface area contributed by atoms with Crippen molar-refractivity contribution in [1.29, 1.82) is 0 Å². The molecule has 0 amide bonds. The van der Waals surface area contributed by atoms with E-state index < -0.39 is 4.92 Å². The lowest BCUT2D eigenvalue weighted by Gasteiger charge is -2.09. The van der Waals surface area contributed by atoms with Crippen LogP contribution in [0.3, 0.4) is 0 Å². The molecule has 0 fully saturated rings. The number of aryl methyl sites for hydroxylation is 1. The van der Waals surface area contributed by atoms with Gasteiger partial charge in [-0.2, -0.15) is 0 Å². The first-order valence-electron chi connectivity index (χ1n) is 9.01. The minimum atomic E-state index is -0.468. The first kappa shape index (κ1) is 18.4. The number of Topliss-reactive ketones (excluding diaryl/α,β-unsaturated/α-hetero) is 1. The van der Waals surface area contributed by atoms with Gasteiger partial charge < -0.3 is 9.47 Å². The minimum absolute atomic E-state index is 0.00912. The SMILES string of the molecule is Cc1cc(OCc2ccccc2)cc2c1C(=O)/C(=C/c1ccc([N+](=O)[O-])cc1)O2. The zero-order valence-electron chi connectivity index (χ0n) is 15.6. The van der Waals surface area contributed by atoms with Gasteiger partial charge in [0.1, 0.15) is 18.1 Å². The van der Waals surface area contributed by atoms with Crippen LogP contribution in [0.1, 0.15) is 27.0 Å². The smallest absolute Gasteiger partial charge is 0.269 e. The maximum Gasteiger partial charge on any atom is 0.269 e. The van der Waals surface area contributed by atoms with Crippen molar-refractivity contribution in [2.45, 2.75) is 13.5 Å². The Kier molecular flexibility index (Phi) is 4.83. The molecular formula is C23H17NO5. The fraction of sp³-hybridized carbons (Fsp3) is 0.0870. The Bertz CT molecular complexity index is 1120. The van der Waals surface area contributed by atoms with Gasteiger partial charge in [0, 0.05) is 18.2 Å². The lowest BCUT2D eigenvalue weighted by molar-refractivity contribution is -0.384. The zero-order chi connectivity index (χ0) is 20.4. The summed E-state index contributed by atoms with van der Waals surface area (Å²) in [7, 11) is 0. The molecular weight excluding hydrogens is 370 g/mol. The Morgan fingerprint density at radius 3 is 2.48 bits per heavy atom. The van der Waals surface area contributed by atoms with E-state index in [2.05, 4.69) is 0 Å². The van der Waals surface area contributed by atoms with E-state index in [4.69, 9.17) is 9.47 Å². The molecule has 3 aromatic carbocycles. The van der Waals surface area contributed by atoms with E-state index in [0.717, 1.165) is 11.1 Å². The molecule has 3 aromatic rings. The van der Waals surface area contributed by atoms with Gasteiger partial charge in [0.15, 0.2) is 5.76 Å². The summed E-state index contributed by atoms with van der Waals surface area (Å²) in [6, 6.07) is 19.3. The molecule has 0 saturated heterocycles. The summed E-state index contributed by atoms with van der Waals surface area (Å²) in [6.07, 6.45) is 1.58. The van der Waals surface area contributed by atoms with E-state index in [1.807, 2.05) is 43.3 Å². The highest BCUT2D eigenvalue weighted by atomic mass is 16.6. The fourth-order valence-corrected chi connectivity index (χ4v) is 3.15. The monoisotopic (exact) mass is 387 g/mol. The number of non-ortho nitro benzene ring substituents is 1. The lowest BCUT2D eigenvalue weighted by Crippen LogP contribution is -2.00. The fourth-order valence-electron chi connectivity index (χ4n) is 3.15. The van der Waals surface area contributed by atoms with Crippen molar-refractivity contribution in [2.24, 2.45) is 0 Å². The predicted octanol–water partition coefficient (Wildman–Crippen LogP) is 5.10. The predicted molar refractivity (Wildman–Crippen MR) is 108 cm³/mol. The summed E-state index contributed by atoms with van der Waals surface area (Å²) in [5.74, 6) is 1.03. The van der Waals surface area contributed by atoms with Gasteiger partial charge in [-0.05, 0) is 47.9 Å². The van der Waals surface area contributed by atoms with E-state index in [1.165, 1.54) is 12.1 Å². The van der Waals surface area contributed by atoms with Crippen molar-refractivity contribution in [3.05, 3.63) is 105 Å². The molecule has 0 aliphatic carbocycles. The van der Waals surface area contributed by atoms with Crippen LogP contribution in [0.2, 0.25) is 0 Å². The maximum absolute atomic E-state index is 12.7. The third kappa shape index (κ3) is 3.87. The number of nitrogens with zero attached hydrogens (tertiary/aromatic N) is 1. The van der Waals surface area contributed by atoms with Gasteiger partial charge in [0.25, 0.3) is 5.69 Å². The zero-order valence-corrected chi connectivity index (χ0v) is 15.6. The minimum Gasteiger partial charge on any atom is -0.489 e. The number of ketones is 1. The molecule has 0 spiro atoms. The van der Waals surface area contributed by atoms with Gasteiger partial charge >= 0.3 is 0 Å². The first-order valence-corrected chi connectivity index (χ1v) is 9.01. The number of fused-ring (bicyclic) bond motifs is 1. The largest absolute Gasteiger partial charge is 0.489 e. The Morgan fingerprint density at radius 2 is 1.79 bits per heavy atom. The van der Waals surface area contributed by atoms with Crippen LogP contribution in [0.4, 0.5) is 5.69 Å². The van der Waals surface area contributed by atoms with E-state index >= 15 is 0 Å². The van der Waals surface area contributed by atoms with Crippen LogP contribution in [0, 0.1) is 17.0 Å². The van der Waals surface area contributed by atoms with Gasteiger partial charge in [0.2, 0.25) is 5.78 Å². The van der Waals surface area contributed by atoms with Crippen LogP contribution in [-0.4, -0.2) is 10.7 Å². The van der Waals surface area contributed by atoms with E-state index in [1.54, 1.807) is 24.3 Å². The maximum atomic E-state index is 12.7. The van der Waals surface area contributed by atoms with E-state index in [0.29, 0.717) is 29.2 Å². The molecule has 1 aliphatic rings. The molecule has 0 aromatic heterocycles. The van der Waals surface area contributed by atoms with E-state index in [-0.39, 0.29) is 17.2 Å². The Hall–Kier alpha value is -3.93. The number of rotatable bonds is 5. The molecule has 4 rings (SSSR count). The van der Waals surface area contributed by atoms with Crippen molar-refractivity contribution >= 4 is 17.5 Å². The summed E-state index contributed by atoms with van der Waals surface area (Å²) < 4.78 is 11.6. The quantitative estimate of drug-likeness (QED) is 0.346. The van der Waals surface area contributed by atoms with Crippen LogP contribution in [-0.2, 0) is 6.61 Å². The lowest BCUT2D eigenvalue weighted by atomic mass is 10.0. The molecule has 0 radical (unpaired) electrons. The molecule has 6 nitrogen and oxygen atoms in total. The number of ether oxygens (including phenoxy) is 2. The normalized spacial score (nSPS) is 13.8. The molecule has 0 atom stereocenters. The van der Waals surface area contributed by atoms with Crippen molar-refractivity contribution < 1.29 is 19.2 Å². The summed E-state index contributed by atoms with van der Waals surface area (Å²) in [5.41, 5.74) is 2.95. The second-order valence-corrected chi connectivity index (χ2v) is 6.68. The highest BCUT2D eigenvalue weighted by Gasteiger charge is 2.30. The Balaban J connectivity index is 1.55. The summed E-state index contributed by atoms with van der Waals surface area (Å²) in [5, 5.41) is 10.8. The van der Waals surface area contributed by atoms with Gasteiger partial charge in [-0.1, -0.05) is 30.3 Å². The molecule has 0 N–H and O–H groups in total. The molecule has 29 heavy (non-hydrogen) atoms. The van der Waals surface area contributed by atoms with Crippen LogP contribution >= 0.6 is 0 Å². The summed E-state index contributed by atoms with van der Waals surface area (Å²) in [4.78, 5) is 23.0. The standard InChI is InChI=1S/C23H17NO5/c1-15-11-19(28-14-17-5-3-2-4-6-17)13-20-22(15)23(25)21(29-20)12-16-7-9-18(10-8-16)24(26)27/h2-13H,14H2,1H3/b21-12-. The molecule has 0 unspecified atom stereocenters. The molecule has 6 heteroatoms. The topological polar surface area (TPSA) is 78.7 Å². The highest BCUT2D eigenvalue weighted by Crippen LogP contribution is 2.37. The number of nitro groups is 1. The van der Waals surface area contributed by atoms with Gasteiger partial charge in [0.05, 0.1) is 10.5 Å². The number of carbonyl (C=O) groups is 1. The number of hydrogen-bond acceptors (Lipinski definition) is 5. The van der Waals surface area contributed by atoms with E-state index in [9.17, 15) is 14.9 Å². The van der Waals surface area contributed by atoms with Crippen LogP contribution in [0.25, 0.3) is 6.08 Å². The highest BCUT2D eigenvalue weighted by molar-refractivity contribution is 6.15. The van der Waals surface area contributed by atoms with Crippen molar-refractivity contribution in [3.63, 3.8) is 0 Å². The summed E-state index contributed by atoms with van der Waals surface area (Å²) in [6.45, 7) is 2.25. The average Bonchev–Trinajstić information content (AvgIpc) is 3.03. The van der Waals surface area contributed by atoms with Crippen LogP contribution < -0.4 is 9.47 Å². The van der Waals surface area contributed by atoms with Gasteiger partial charge in [-0.3, -0.25) is 14.9 Å². The molecule has 1 heterocycles. The molecule has 144 valence electrons. The molecule has 0 saturated carbocycles. The molecule has 0 bridgehead atoms. The second-order valence-electron chi connectivity index (χ2n) is 6.68. The summed E-state index contributed by atoms with van der Waals surface area (Å²) >= 11 is 0. The van der Waals surface area contributed by atoms with Crippen LogP contribution in [0.5, 0.6) is 11.5 Å². The number of allylic oxidation sites excluding steroid dienone is 1. The Morgan fingerprint density at radius 1 is 1.07 bits per heavy atom. The van der Waals surface area contributed by atoms with Crippen LogP contribution in [0.15, 0.2) is 72.5 Å². The number of hydrogen-bond donors (Lipinski definition) is 0. The second kappa shape index (κ2) is 7.59. The average molecular weight is 387 g/mol. The number of nitro benzene ring substituents is 1. The van der Waals surface area contributed by atoms with Crippen molar-refractivity contribution in [3.8, 4) is 11.5 Å². The van der Waals surface area contributed by atoms with Crippen molar-refractivity contribution in [2.75, 3.05) is 0 Å². The first-order chi connectivity index (χ1) is 14.0. The molecule has 1 aliphatic heterocycles. The Labute approximate surface area is 167 Å². The number of carbonyl (C=O) groups excluding carboxylic acids is 1. The van der Waals surface area contributed by atoms with Gasteiger partial charge in [-0.25, -0.2) is 0 Å². The van der Waals surface area contributed by atoms with Gasteiger partial charge in [-0.15, -0.1) is 0 Å².